The summed E-state index contributed by atoms with van der Waals surface area (Å²) in [5, 5.41) is 0. The predicted octanol–water partition coefficient (Wildman–Crippen LogP) is 1.64. The molecule has 2 rings (SSSR count). The van der Waals surface area contributed by atoms with Crippen LogP contribution in [0.1, 0.15) is 37.2 Å². The lowest BCUT2D eigenvalue weighted by Gasteiger charge is -2.24. The van der Waals surface area contributed by atoms with E-state index in [1.165, 1.54) is 6.07 Å². The second kappa shape index (κ2) is 4.73. The molecule has 0 aliphatic heterocycles. The third kappa shape index (κ3) is 2.96. The Morgan fingerprint density at radius 1 is 1.47 bits per heavy atom. The molecular formula is C13H18N2O2. The Morgan fingerprint density at radius 2 is 2.18 bits per heavy atom. The maximum absolute atomic E-state index is 12.3. The van der Waals surface area contributed by atoms with Crippen LogP contribution in [0.25, 0.3) is 0 Å². The van der Waals surface area contributed by atoms with E-state index in [0.29, 0.717) is 17.7 Å². The third-order valence-corrected chi connectivity index (χ3v) is 2.81. The van der Waals surface area contributed by atoms with E-state index < -0.39 is 0 Å². The zero-order valence-corrected chi connectivity index (χ0v) is 10.3. The van der Waals surface area contributed by atoms with Crippen molar-refractivity contribution >= 4 is 5.91 Å². The van der Waals surface area contributed by atoms with Gasteiger partial charge in [-0.25, -0.2) is 0 Å². The van der Waals surface area contributed by atoms with Gasteiger partial charge in [0, 0.05) is 18.7 Å². The smallest absolute Gasteiger partial charge is 0.270 e. The van der Waals surface area contributed by atoms with Crippen LogP contribution in [0.3, 0.4) is 0 Å². The molecule has 0 atom stereocenters. The van der Waals surface area contributed by atoms with Gasteiger partial charge in [-0.1, -0.05) is 19.9 Å². The first-order chi connectivity index (χ1) is 8.08. The molecule has 1 aliphatic carbocycles. The standard InChI is InChI=1S/C13H18N2O2/c1-9(2)8-15(10-6-7-10)13(17)11-4-3-5-12(16)14-11/h3-5,9-10H,6-8H2,1-2H3,(H,14,16). The first kappa shape index (κ1) is 11.9. The lowest BCUT2D eigenvalue weighted by molar-refractivity contribution is 0.0716. The van der Waals surface area contributed by atoms with Gasteiger partial charge in [0.25, 0.3) is 5.91 Å². The zero-order chi connectivity index (χ0) is 12.4. The van der Waals surface area contributed by atoms with Crippen molar-refractivity contribution < 1.29 is 4.79 Å². The molecule has 0 bridgehead atoms. The monoisotopic (exact) mass is 234 g/mol. The molecular weight excluding hydrogens is 216 g/mol. The van der Waals surface area contributed by atoms with Gasteiger partial charge in [-0.15, -0.1) is 0 Å². The maximum Gasteiger partial charge on any atom is 0.270 e. The maximum atomic E-state index is 12.3. The van der Waals surface area contributed by atoms with Crippen molar-refractivity contribution in [3.05, 3.63) is 34.2 Å². The third-order valence-electron chi connectivity index (χ3n) is 2.81. The summed E-state index contributed by atoms with van der Waals surface area (Å²) in [5.74, 6) is 0.383. The van der Waals surface area contributed by atoms with Crippen molar-refractivity contribution in [1.82, 2.24) is 9.88 Å². The summed E-state index contributed by atoms with van der Waals surface area (Å²) in [5.41, 5.74) is 0.168. The van der Waals surface area contributed by atoms with Gasteiger partial charge in [-0.05, 0) is 24.8 Å². The van der Waals surface area contributed by atoms with E-state index in [1.807, 2.05) is 4.90 Å². The summed E-state index contributed by atoms with van der Waals surface area (Å²) >= 11 is 0. The van der Waals surface area contributed by atoms with Crippen LogP contribution >= 0.6 is 0 Å². The Hall–Kier alpha value is -1.58. The van der Waals surface area contributed by atoms with Gasteiger partial charge in [0.15, 0.2) is 0 Å². The average Bonchev–Trinajstić information content (AvgIpc) is 3.08. The van der Waals surface area contributed by atoms with Gasteiger partial charge >= 0.3 is 0 Å². The number of aromatic nitrogens is 1. The van der Waals surface area contributed by atoms with Crippen LogP contribution in [0.4, 0.5) is 0 Å². The quantitative estimate of drug-likeness (QED) is 0.861. The van der Waals surface area contributed by atoms with E-state index in [0.717, 1.165) is 19.4 Å². The first-order valence-corrected chi connectivity index (χ1v) is 6.08. The highest BCUT2D eigenvalue weighted by Crippen LogP contribution is 2.28. The topological polar surface area (TPSA) is 53.2 Å². The molecule has 0 saturated heterocycles. The summed E-state index contributed by atoms with van der Waals surface area (Å²) < 4.78 is 0. The zero-order valence-electron chi connectivity index (χ0n) is 10.3. The van der Waals surface area contributed by atoms with Gasteiger partial charge in [0.05, 0.1) is 0 Å². The summed E-state index contributed by atoms with van der Waals surface area (Å²) in [6, 6.07) is 5.07. The van der Waals surface area contributed by atoms with E-state index in [2.05, 4.69) is 18.8 Å². The minimum absolute atomic E-state index is 0.0566. The molecule has 0 unspecified atom stereocenters. The number of nitrogens with one attached hydrogen (secondary N) is 1. The van der Waals surface area contributed by atoms with Crippen molar-refractivity contribution in [1.29, 1.82) is 0 Å². The Kier molecular flexibility index (Phi) is 3.31. The van der Waals surface area contributed by atoms with E-state index in [9.17, 15) is 9.59 Å². The second-order valence-corrected chi connectivity index (χ2v) is 5.01. The molecule has 0 radical (unpaired) electrons. The van der Waals surface area contributed by atoms with E-state index in [-0.39, 0.29) is 11.5 Å². The number of rotatable bonds is 4. The Labute approximate surface area is 101 Å². The number of hydrogen-bond donors (Lipinski definition) is 1. The van der Waals surface area contributed by atoms with Crippen LogP contribution in [0.2, 0.25) is 0 Å². The summed E-state index contributed by atoms with van der Waals surface area (Å²) in [6.45, 7) is 4.94. The normalized spacial score (nSPS) is 15.0. The number of amides is 1. The van der Waals surface area contributed by atoms with Crippen LogP contribution in [-0.2, 0) is 0 Å². The number of hydrogen-bond acceptors (Lipinski definition) is 2. The van der Waals surface area contributed by atoms with E-state index in [4.69, 9.17) is 0 Å². The molecule has 0 aromatic carbocycles. The van der Waals surface area contributed by atoms with Crippen molar-refractivity contribution in [3.63, 3.8) is 0 Å². The molecule has 1 amide bonds. The molecule has 1 aliphatic rings. The van der Waals surface area contributed by atoms with E-state index in [1.54, 1.807) is 12.1 Å². The molecule has 17 heavy (non-hydrogen) atoms. The number of aromatic amines is 1. The molecule has 0 spiro atoms. The number of H-pyrrole nitrogens is 1. The Morgan fingerprint density at radius 3 is 2.71 bits per heavy atom. The summed E-state index contributed by atoms with van der Waals surface area (Å²) in [4.78, 5) is 28.0. The Bertz CT molecular complexity index is 460. The number of nitrogens with zero attached hydrogens (tertiary/aromatic N) is 1. The van der Waals surface area contributed by atoms with Gasteiger partial charge in [-0.2, -0.15) is 0 Å². The molecule has 1 heterocycles. The average molecular weight is 234 g/mol. The van der Waals surface area contributed by atoms with Crippen LogP contribution in [0.5, 0.6) is 0 Å². The van der Waals surface area contributed by atoms with Crippen LogP contribution < -0.4 is 5.56 Å². The van der Waals surface area contributed by atoms with Crippen LogP contribution in [-0.4, -0.2) is 28.4 Å². The molecule has 4 heteroatoms. The number of carbonyl (C=O) groups is 1. The van der Waals surface area contributed by atoms with Crippen LogP contribution in [0.15, 0.2) is 23.0 Å². The fourth-order valence-electron chi connectivity index (χ4n) is 1.90. The first-order valence-electron chi connectivity index (χ1n) is 6.08. The molecule has 92 valence electrons. The van der Waals surface area contributed by atoms with Gasteiger partial charge in [0.1, 0.15) is 5.69 Å². The number of pyridine rings is 1. The van der Waals surface area contributed by atoms with Gasteiger partial charge in [-0.3, -0.25) is 9.59 Å². The molecule has 1 fully saturated rings. The largest absolute Gasteiger partial charge is 0.334 e. The Balaban J connectivity index is 2.18. The van der Waals surface area contributed by atoms with Gasteiger partial charge < -0.3 is 9.88 Å². The highest BCUT2D eigenvalue weighted by atomic mass is 16.2. The molecule has 1 N–H and O–H groups in total. The summed E-state index contributed by atoms with van der Waals surface area (Å²) in [7, 11) is 0. The lowest BCUT2D eigenvalue weighted by Crippen LogP contribution is -2.37. The highest BCUT2D eigenvalue weighted by Gasteiger charge is 2.33. The van der Waals surface area contributed by atoms with Crippen molar-refractivity contribution in [2.24, 2.45) is 5.92 Å². The minimum atomic E-state index is -0.226. The van der Waals surface area contributed by atoms with Crippen molar-refractivity contribution in [2.75, 3.05) is 6.54 Å². The van der Waals surface area contributed by atoms with Crippen LogP contribution in [0, 0.1) is 5.92 Å². The van der Waals surface area contributed by atoms with Crippen molar-refractivity contribution in [2.45, 2.75) is 32.7 Å². The summed E-state index contributed by atoms with van der Waals surface area (Å²) in [6.07, 6.45) is 2.16. The van der Waals surface area contributed by atoms with Gasteiger partial charge in [0.2, 0.25) is 5.56 Å². The lowest BCUT2D eigenvalue weighted by atomic mass is 10.2. The fraction of sp³-hybridized carbons (Fsp3) is 0.538. The molecule has 1 aromatic heterocycles. The molecule has 4 nitrogen and oxygen atoms in total. The molecule has 1 saturated carbocycles. The van der Waals surface area contributed by atoms with E-state index >= 15 is 0 Å². The number of carbonyl (C=O) groups excluding carboxylic acids is 1. The SMILES string of the molecule is CC(C)CN(C(=O)c1cccc(=O)[nH]1)C1CC1. The second-order valence-electron chi connectivity index (χ2n) is 5.01. The molecule has 1 aromatic rings. The fourth-order valence-corrected chi connectivity index (χ4v) is 1.90. The minimum Gasteiger partial charge on any atom is -0.334 e. The predicted molar refractivity (Wildman–Crippen MR) is 66.0 cm³/mol. The van der Waals surface area contributed by atoms with Crippen molar-refractivity contribution in [3.8, 4) is 0 Å². The highest BCUT2D eigenvalue weighted by molar-refractivity contribution is 5.92.